The predicted molar refractivity (Wildman–Crippen MR) is 87.3 cm³/mol. The van der Waals surface area contributed by atoms with Gasteiger partial charge < -0.3 is 14.8 Å². The van der Waals surface area contributed by atoms with E-state index in [4.69, 9.17) is 9.52 Å². The molecule has 2 aromatic heterocycles. The van der Waals surface area contributed by atoms with E-state index >= 15 is 0 Å². The highest BCUT2D eigenvalue weighted by Crippen LogP contribution is 2.26. The van der Waals surface area contributed by atoms with Gasteiger partial charge in [0.25, 0.3) is 0 Å². The Kier molecular flexibility index (Phi) is 5.20. The molecule has 2 heterocycles. The van der Waals surface area contributed by atoms with Crippen molar-refractivity contribution in [1.29, 1.82) is 0 Å². The first-order chi connectivity index (χ1) is 10.8. The molecule has 0 saturated heterocycles. The first-order valence-corrected chi connectivity index (χ1v) is 8.18. The Morgan fingerprint density at radius 1 is 1.43 bits per heavy atom. The molecule has 0 aliphatic rings. The Hall–Kier alpha value is -2.15. The van der Waals surface area contributed by atoms with Crippen molar-refractivity contribution >= 4 is 23.2 Å². The average Bonchev–Trinajstić information content (AvgIpc) is 3.06. The fourth-order valence-electron chi connectivity index (χ4n) is 2.15. The molecule has 0 unspecified atom stereocenters. The lowest BCUT2D eigenvalue weighted by molar-refractivity contribution is -0.137. The van der Waals surface area contributed by atoms with Gasteiger partial charge in [0, 0.05) is 12.0 Å². The van der Waals surface area contributed by atoms with Crippen molar-refractivity contribution in [3.8, 4) is 10.8 Å². The van der Waals surface area contributed by atoms with Crippen LogP contribution in [0.1, 0.15) is 38.1 Å². The van der Waals surface area contributed by atoms with Gasteiger partial charge in [-0.15, -0.1) is 11.3 Å². The Bertz CT molecular complexity index is 689. The van der Waals surface area contributed by atoms with E-state index in [1.165, 1.54) is 11.3 Å². The lowest BCUT2D eigenvalue weighted by Gasteiger charge is -2.25. The number of amides is 1. The number of hydrogen-bond donors (Lipinski definition) is 2. The van der Waals surface area contributed by atoms with Crippen LogP contribution in [-0.4, -0.2) is 27.5 Å². The Labute approximate surface area is 138 Å². The topological polar surface area (TPSA) is 92.4 Å². The summed E-state index contributed by atoms with van der Waals surface area (Å²) in [6.07, 6.45) is 0.488. The molecule has 1 amide bonds. The van der Waals surface area contributed by atoms with Crippen LogP contribution in [0.15, 0.2) is 21.9 Å². The van der Waals surface area contributed by atoms with Crippen molar-refractivity contribution in [2.75, 3.05) is 0 Å². The lowest BCUT2D eigenvalue weighted by atomic mass is 9.98. The Morgan fingerprint density at radius 3 is 2.78 bits per heavy atom. The van der Waals surface area contributed by atoms with Gasteiger partial charge in [-0.25, -0.2) is 4.98 Å². The summed E-state index contributed by atoms with van der Waals surface area (Å²) in [7, 11) is 0. The van der Waals surface area contributed by atoms with Crippen LogP contribution in [0.5, 0.6) is 0 Å². The van der Waals surface area contributed by atoms with Crippen molar-refractivity contribution in [3.63, 3.8) is 0 Å². The summed E-state index contributed by atoms with van der Waals surface area (Å²) >= 11 is 1.52. The van der Waals surface area contributed by atoms with Gasteiger partial charge in [0.05, 0.1) is 17.0 Å². The maximum Gasteiger partial charge on any atom is 0.303 e. The van der Waals surface area contributed by atoms with E-state index in [0.717, 1.165) is 4.88 Å². The van der Waals surface area contributed by atoms with Crippen molar-refractivity contribution in [2.24, 2.45) is 0 Å². The summed E-state index contributed by atoms with van der Waals surface area (Å²) in [6, 6.07) is 3.83. The molecule has 7 heteroatoms. The molecule has 0 bridgehead atoms. The lowest BCUT2D eigenvalue weighted by Crippen LogP contribution is -2.44. The van der Waals surface area contributed by atoms with Gasteiger partial charge in [0.1, 0.15) is 5.76 Å². The van der Waals surface area contributed by atoms with Crippen LogP contribution >= 0.6 is 11.3 Å². The summed E-state index contributed by atoms with van der Waals surface area (Å²) in [4.78, 5) is 28.1. The second kappa shape index (κ2) is 6.95. The van der Waals surface area contributed by atoms with E-state index in [2.05, 4.69) is 10.3 Å². The number of nitrogens with one attached hydrogen (secondary N) is 1. The van der Waals surface area contributed by atoms with Gasteiger partial charge in [0.15, 0.2) is 0 Å². The van der Waals surface area contributed by atoms with E-state index < -0.39 is 11.5 Å². The molecule has 0 radical (unpaired) electrons. The normalized spacial score (nSPS) is 11.4. The van der Waals surface area contributed by atoms with Crippen LogP contribution in [0.4, 0.5) is 0 Å². The quantitative estimate of drug-likeness (QED) is 0.811. The van der Waals surface area contributed by atoms with E-state index in [9.17, 15) is 9.59 Å². The van der Waals surface area contributed by atoms with E-state index in [-0.39, 0.29) is 18.7 Å². The average molecular weight is 336 g/mol. The van der Waals surface area contributed by atoms with Crippen LogP contribution in [0.25, 0.3) is 10.8 Å². The number of hydrogen-bond acceptors (Lipinski definition) is 5. The largest absolute Gasteiger partial charge is 0.481 e. The number of thiophene rings is 1. The summed E-state index contributed by atoms with van der Waals surface area (Å²) < 4.78 is 5.61. The highest BCUT2D eigenvalue weighted by molar-refractivity contribution is 7.13. The maximum atomic E-state index is 12.2. The van der Waals surface area contributed by atoms with Gasteiger partial charge in [0.2, 0.25) is 11.8 Å². The van der Waals surface area contributed by atoms with Gasteiger partial charge in [-0.1, -0.05) is 6.07 Å². The first-order valence-electron chi connectivity index (χ1n) is 7.30. The summed E-state index contributed by atoms with van der Waals surface area (Å²) in [5.41, 5.74) is 0.0175. The minimum Gasteiger partial charge on any atom is -0.481 e. The van der Waals surface area contributed by atoms with E-state index in [1.54, 1.807) is 20.8 Å². The smallest absolute Gasteiger partial charge is 0.303 e. The molecule has 6 nitrogen and oxygen atoms in total. The number of aryl methyl sites for hydroxylation is 1. The zero-order chi connectivity index (χ0) is 17.0. The number of carboxylic acid groups (broad SMARTS) is 1. The maximum absolute atomic E-state index is 12.2. The SMILES string of the molecule is Cc1oc(-c2cccs2)nc1CC(=O)NC(C)(C)CCC(=O)O. The van der Waals surface area contributed by atoms with Crippen LogP contribution in [-0.2, 0) is 16.0 Å². The second-order valence-electron chi connectivity index (χ2n) is 6.00. The van der Waals surface area contributed by atoms with Crippen LogP contribution in [0.3, 0.4) is 0 Å². The Balaban J connectivity index is 1.99. The number of aromatic nitrogens is 1. The molecular weight excluding hydrogens is 316 g/mol. The number of rotatable bonds is 7. The molecule has 0 fully saturated rings. The van der Waals surface area contributed by atoms with Gasteiger partial charge >= 0.3 is 5.97 Å². The molecule has 2 aromatic rings. The van der Waals surface area contributed by atoms with E-state index in [0.29, 0.717) is 23.8 Å². The molecular formula is C16H20N2O4S. The number of carboxylic acids is 1. The standard InChI is InChI=1S/C16H20N2O4S/c1-10-11(17-15(22-10)12-5-4-8-23-12)9-13(19)18-16(2,3)7-6-14(20)21/h4-5,8H,6-7,9H2,1-3H3,(H,18,19)(H,20,21). The van der Waals surface area contributed by atoms with Crippen molar-refractivity contribution in [1.82, 2.24) is 10.3 Å². The first kappa shape index (κ1) is 17.2. The third-order valence-electron chi connectivity index (χ3n) is 3.39. The molecule has 124 valence electrons. The molecule has 2 N–H and O–H groups in total. The predicted octanol–water partition coefficient (Wildman–Crippen LogP) is 3.01. The zero-order valence-electron chi connectivity index (χ0n) is 13.4. The molecule has 2 rings (SSSR count). The second-order valence-corrected chi connectivity index (χ2v) is 6.95. The summed E-state index contributed by atoms with van der Waals surface area (Å²) in [5, 5.41) is 13.5. The minimum atomic E-state index is -0.875. The molecule has 0 aliphatic heterocycles. The fourth-order valence-corrected chi connectivity index (χ4v) is 2.80. The molecule has 23 heavy (non-hydrogen) atoms. The van der Waals surface area contributed by atoms with Crippen molar-refractivity contribution < 1.29 is 19.1 Å². The summed E-state index contributed by atoms with van der Waals surface area (Å²) in [5.74, 6) is 0.0621. The third kappa shape index (κ3) is 4.92. The monoisotopic (exact) mass is 336 g/mol. The third-order valence-corrected chi connectivity index (χ3v) is 4.25. The number of nitrogens with zero attached hydrogens (tertiary/aromatic N) is 1. The zero-order valence-corrected chi connectivity index (χ0v) is 14.2. The van der Waals surface area contributed by atoms with Crippen molar-refractivity contribution in [2.45, 2.75) is 45.6 Å². The molecule has 0 saturated carbocycles. The number of oxazole rings is 1. The van der Waals surface area contributed by atoms with E-state index in [1.807, 2.05) is 17.5 Å². The van der Waals surface area contributed by atoms with Gasteiger partial charge in [-0.2, -0.15) is 0 Å². The molecule has 0 atom stereocenters. The highest BCUT2D eigenvalue weighted by Gasteiger charge is 2.23. The van der Waals surface area contributed by atoms with Gasteiger partial charge in [-0.05, 0) is 38.6 Å². The number of carbonyl (C=O) groups excluding carboxylic acids is 1. The van der Waals surface area contributed by atoms with Crippen LogP contribution in [0.2, 0.25) is 0 Å². The Morgan fingerprint density at radius 2 is 2.17 bits per heavy atom. The highest BCUT2D eigenvalue weighted by atomic mass is 32.1. The summed E-state index contributed by atoms with van der Waals surface area (Å²) in [6.45, 7) is 5.39. The molecule has 0 spiro atoms. The van der Waals surface area contributed by atoms with Crippen LogP contribution in [0, 0.1) is 6.92 Å². The number of carbonyl (C=O) groups is 2. The molecule has 0 aliphatic carbocycles. The molecule has 0 aromatic carbocycles. The minimum absolute atomic E-state index is 0.0127. The van der Waals surface area contributed by atoms with Gasteiger partial charge in [-0.3, -0.25) is 9.59 Å². The van der Waals surface area contributed by atoms with Crippen LogP contribution < -0.4 is 5.32 Å². The number of aliphatic carboxylic acids is 1. The van der Waals surface area contributed by atoms with Crippen molar-refractivity contribution in [3.05, 3.63) is 29.0 Å². The fraction of sp³-hybridized carbons (Fsp3) is 0.438.